The van der Waals surface area contributed by atoms with Crippen molar-refractivity contribution in [1.29, 1.82) is 5.26 Å². The Morgan fingerprint density at radius 3 is 2.95 bits per heavy atom. The van der Waals surface area contributed by atoms with Crippen LogP contribution in [0.5, 0.6) is 0 Å². The van der Waals surface area contributed by atoms with Crippen LogP contribution in [-0.4, -0.2) is 25.8 Å². The number of anilines is 1. The minimum Gasteiger partial charge on any atom is -0.271 e. The van der Waals surface area contributed by atoms with Gasteiger partial charge in [0.05, 0.1) is 17.3 Å². The van der Waals surface area contributed by atoms with Gasteiger partial charge in [0, 0.05) is 13.1 Å². The first-order valence-corrected chi connectivity index (χ1v) is 7.73. The summed E-state index contributed by atoms with van der Waals surface area (Å²) in [6.45, 7) is 3.16. The predicted octanol–water partition coefficient (Wildman–Crippen LogP) is 1.95. The van der Waals surface area contributed by atoms with Crippen LogP contribution < -0.4 is 4.72 Å². The van der Waals surface area contributed by atoms with E-state index in [1.165, 1.54) is 10.4 Å². The largest absolute Gasteiger partial charge is 0.301 e. The predicted molar refractivity (Wildman–Crippen MR) is 73.7 cm³/mol. The van der Waals surface area contributed by atoms with Gasteiger partial charge in [0.25, 0.3) is 0 Å². The molecule has 19 heavy (non-hydrogen) atoms. The molecule has 1 atom stereocenters. The first-order chi connectivity index (χ1) is 9.01. The second-order valence-corrected chi connectivity index (χ2v) is 6.58. The average Bonchev–Trinajstić information content (AvgIpc) is 2.38. The van der Waals surface area contributed by atoms with Crippen LogP contribution in [0.15, 0.2) is 24.3 Å². The molecule has 1 aromatic rings. The van der Waals surface area contributed by atoms with Crippen LogP contribution in [0.3, 0.4) is 0 Å². The van der Waals surface area contributed by atoms with Gasteiger partial charge in [-0.25, -0.2) is 0 Å². The molecule has 0 aromatic heterocycles. The number of hydrogen-bond acceptors (Lipinski definition) is 3. The summed E-state index contributed by atoms with van der Waals surface area (Å²) in [6, 6.07) is 8.47. The molecule has 0 amide bonds. The second-order valence-electron chi connectivity index (χ2n) is 4.91. The Balaban J connectivity index is 2.14. The minimum absolute atomic E-state index is 0.385. The van der Waals surface area contributed by atoms with Crippen LogP contribution in [0, 0.1) is 17.2 Å². The van der Waals surface area contributed by atoms with E-state index in [9.17, 15) is 8.42 Å². The molecule has 2 rings (SSSR count). The molecule has 0 radical (unpaired) electrons. The average molecular weight is 279 g/mol. The molecule has 1 unspecified atom stereocenters. The molecule has 1 N–H and O–H groups in total. The van der Waals surface area contributed by atoms with Crippen LogP contribution in [0.2, 0.25) is 0 Å². The van der Waals surface area contributed by atoms with Gasteiger partial charge in [0.15, 0.2) is 0 Å². The van der Waals surface area contributed by atoms with E-state index in [0.717, 1.165) is 12.8 Å². The van der Waals surface area contributed by atoms with E-state index in [1.54, 1.807) is 18.2 Å². The lowest BCUT2D eigenvalue weighted by molar-refractivity contribution is 0.282. The lowest BCUT2D eigenvalue weighted by Gasteiger charge is -2.30. The van der Waals surface area contributed by atoms with E-state index in [4.69, 9.17) is 5.26 Å². The Labute approximate surface area is 114 Å². The van der Waals surface area contributed by atoms with Crippen molar-refractivity contribution in [1.82, 2.24) is 4.31 Å². The lowest BCUT2D eigenvalue weighted by atomic mass is 10.0. The molecule has 1 aliphatic rings. The molecule has 0 bridgehead atoms. The van der Waals surface area contributed by atoms with Gasteiger partial charge < -0.3 is 0 Å². The summed E-state index contributed by atoms with van der Waals surface area (Å²) in [4.78, 5) is 0. The topological polar surface area (TPSA) is 73.2 Å². The van der Waals surface area contributed by atoms with Crippen LogP contribution in [0.4, 0.5) is 5.69 Å². The smallest absolute Gasteiger partial charge is 0.271 e. The van der Waals surface area contributed by atoms with Gasteiger partial charge in [-0.15, -0.1) is 0 Å². The number of benzene rings is 1. The van der Waals surface area contributed by atoms with E-state index in [2.05, 4.69) is 11.6 Å². The van der Waals surface area contributed by atoms with Crippen LogP contribution in [-0.2, 0) is 10.2 Å². The first-order valence-electron chi connectivity index (χ1n) is 6.29. The molecule has 1 heterocycles. The van der Waals surface area contributed by atoms with E-state index < -0.39 is 10.2 Å². The van der Waals surface area contributed by atoms with Gasteiger partial charge in [-0.05, 0) is 37.0 Å². The summed E-state index contributed by atoms with van der Waals surface area (Å²) in [5.74, 6) is 0.385. The minimum atomic E-state index is -3.52. The van der Waals surface area contributed by atoms with Crippen molar-refractivity contribution in [2.24, 2.45) is 5.92 Å². The quantitative estimate of drug-likeness (QED) is 0.919. The van der Waals surface area contributed by atoms with Gasteiger partial charge in [0.1, 0.15) is 0 Å². The Hall–Kier alpha value is -1.58. The maximum absolute atomic E-state index is 12.2. The molecule has 6 heteroatoms. The van der Waals surface area contributed by atoms with Gasteiger partial charge in [-0.1, -0.05) is 13.0 Å². The molecule has 1 aromatic carbocycles. The van der Waals surface area contributed by atoms with Crippen molar-refractivity contribution in [3.05, 3.63) is 29.8 Å². The standard InChI is InChI=1S/C13H17N3O2S/c1-11-4-3-7-16(10-11)19(17,18)15-13-6-2-5-12(8-13)9-14/h2,5-6,8,11,15H,3-4,7,10H2,1H3. The zero-order chi connectivity index (χ0) is 13.9. The Morgan fingerprint density at radius 1 is 1.47 bits per heavy atom. The Bertz CT molecular complexity index is 592. The molecule has 0 spiro atoms. The highest BCUT2D eigenvalue weighted by atomic mass is 32.2. The fraction of sp³-hybridized carbons (Fsp3) is 0.462. The molecule has 1 saturated heterocycles. The molecule has 0 aliphatic carbocycles. The van der Waals surface area contributed by atoms with Crippen molar-refractivity contribution >= 4 is 15.9 Å². The van der Waals surface area contributed by atoms with E-state index in [-0.39, 0.29) is 0 Å². The summed E-state index contributed by atoms with van der Waals surface area (Å²) in [5, 5.41) is 8.81. The number of hydrogen-bond donors (Lipinski definition) is 1. The SMILES string of the molecule is CC1CCCN(S(=O)(=O)Nc2cccc(C#N)c2)C1. The fourth-order valence-corrected chi connectivity index (χ4v) is 3.60. The van der Waals surface area contributed by atoms with E-state index >= 15 is 0 Å². The van der Waals surface area contributed by atoms with Gasteiger partial charge in [0.2, 0.25) is 0 Å². The molecule has 0 saturated carbocycles. The molecule has 102 valence electrons. The summed E-state index contributed by atoms with van der Waals surface area (Å²) >= 11 is 0. The highest BCUT2D eigenvalue weighted by molar-refractivity contribution is 7.90. The van der Waals surface area contributed by atoms with Crippen molar-refractivity contribution in [3.63, 3.8) is 0 Å². The molecule has 1 fully saturated rings. The number of piperidine rings is 1. The highest BCUT2D eigenvalue weighted by Gasteiger charge is 2.26. The van der Waals surface area contributed by atoms with Crippen LogP contribution >= 0.6 is 0 Å². The van der Waals surface area contributed by atoms with Crippen molar-refractivity contribution in [2.45, 2.75) is 19.8 Å². The number of nitrogens with zero attached hydrogens (tertiary/aromatic N) is 2. The van der Waals surface area contributed by atoms with Crippen LogP contribution in [0.25, 0.3) is 0 Å². The summed E-state index contributed by atoms with van der Waals surface area (Å²) in [7, 11) is -3.52. The normalized spacial score (nSPS) is 20.7. The summed E-state index contributed by atoms with van der Waals surface area (Å²) in [6.07, 6.45) is 1.95. The number of nitriles is 1. The Morgan fingerprint density at radius 2 is 2.26 bits per heavy atom. The monoisotopic (exact) mass is 279 g/mol. The Kier molecular flexibility index (Phi) is 4.08. The second kappa shape index (κ2) is 5.59. The molecule has 1 aliphatic heterocycles. The van der Waals surface area contributed by atoms with Gasteiger partial charge in [-0.2, -0.15) is 18.0 Å². The molecule has 5 nitrogen and oxygen atoms in total. The van der Waals surface area contributed by atoms with Crippen LogP contribution in [0.1, 0.15) is 25.3 Å². The maximum atomic E-state index is 12.2. The first kappa shape index (κ1) is 13.8. The highest BCUT2D eigenvalue weighted by Crippen LogP contribution is 2.20. The third-order valence-electron chi connectivity index (χ3n) is 3.20. The lowest BCUT2D eigenvalue weighted by Crippen LogP contribution is -2.42. The van der Waals surface area contributed by atoms with Crippen molar-refractivity contribution in [2.75, 3.05) is 17.8 Å². The summed E-state index contributed by atoms with van der Waals surface area (Å²) in [5.41, 5.74) is 0.865. The molecular formula is C13H17N3O2S. The summed E-state index contributed by atoms with van der Waals surface area (Å²) < 4.78 is 28.5. The van der Waals surface area contributed by atoms with Gasteiger partial charge >= 0.3 is 10.2 Å². The maximum Gasteiger partial charge on any atom is 0.301 e. The van der Waals surface area contributed by atoms with Gasteiger partial charge in [-0.3, -0.25) is 4.72 Å². The third-order valence-corrected chi connectivity index (χ3v) is 4.70. The van der Waals surface area contributed by atoms with E-state index in [1.807, 2.05) is 6.07 Å². The fourth-order valence-electron chi connectivity index (χ4n) is 2.23. The molecular weight excluding hydrogens is 262 g/mol. The van der Waals surface area contributed by atoms with Crippen molar-refractivity contribution < 1.29 is 8.42 Å². The number of nitrogens with one attached hydrogen (secondary N) is 1. The zero-order valence-electron chi connectivity index (χ0n) is 10.8. The van der Waals surface area contributed by atoms with E-state index in [0.29, 0.717) is 30.3 Å². The third kappa shape index (κ3) is 3.46. The number of rotatable bonds is 3. The zero-order valence-corrected chi connectivity index (χ0v) is 11.7. The van der Waals surface area contributed by atoms with Crippen molar-refractivity contribution in [3.8, 4) is 6.07 Å².